The van der Waals surface area contributed by atoms with Crippen molar-refractivity contribution in [3.05, 3.63) is 12.1 Å². The summed E-state index contributed by atoms with van der Waals surface area (Å²) < 4.78 is 9.87. The molecule has 2 nitrogen and oxygen atoms in total. The topological polar surface area (TPSA) is 18.5 Å². The third kappa shape index (κ3) is 1.36. The molecule has 0 saturated carbocycles. The van der Waals surface area contributed by atoms with Crippen LogP contribution < -0.4 is 9.47 Å². The second kappa shape index (κ2) is 2.73. The van der Waals surface area contributed by atoms with Crippen molar-refractivity contribution in [1.82, 2.24) is 0 Å². The molecule has 0 amide bonds. The van der Waals surface area contributed by atoms with E-state index in [0.717, 1.165) is 10.1 Å². The van der Waals surface area contributed by atoms with E-state index in [0.29, 0.717) is 0 Å². The molecule has 0 atom stereocenters. The summed E-state index contributed by atoms with van der Waals surface area (Å²) in [5.74, 6) is 0. The standard InChI is InChI=1S/C6H8O2S/c1-7-5-3-4-6(8-2)9-5/h3-4H,1-2H3. The average molecular weight is 144 g/mol. The smallest absolute Gasteiger partial charge is 0.176 e. The molecule has 1 aromatic heterocycles. The molecule has 0 N–H and O–H groups in total. The van der Waals surface area contributed by atoms with Crippen molar-refractivity contribution in [2.24, 2.45) is 0 Å². The Bertz CT molecular complexity index is 164. The van der Waals surface area contributed by atoms with Crippen LogP contribution in [0.1, 0.15) is 0 Å². The fraction of sp³-hybridized carbons (Fsp3) is 0.333. The van der Waals surface area contributed by atoms with Crippen molar-refractivity contribution in [2.45, 2.75) is 0 Å². The number of ether oxygens (including phenoxy) is 2. The molecule has 0 fully saturated rings. The Labute approximate surface area is 58.0 Å². The SMILES string of the molecule is COc1ccc(OC)s1. The highest BCUT2D eigenvalue weighted by molar-refractivity contribution is 7.15. The summed E-state index contributed by atoms with van der Waals surface area (Å²) in [6, 6.07) is 3.76. The molecule has 9 heavy (non-hydrogen) atoms. The van der Waals surface area contributed by atoms with Gasteiger partial charge in [0.2, 0.25) is 0 Å². The molecule has 0 saturated heterocycles. The van der Waals surface area contributed by atoms with Gasteiger partial charge in [-0.05, 0) is 12.1 Å². The highest BCUT2D eigenvalue weighted by Crippen LogP contribution is 2.29. The van der Waals surface area contributed by atoms with Gasteiger partial charge >= 0.3 is 0 Å². The van der Waals surface area contributed by atoms with Crippen LogP contribution in [-0.2, 0) is 0 Å². The van der Waals surface area contributed by atoms with Crippen molar-refractivity contribution in [1.29, 1.82) is 0 Å². The van der Waals surface area contributed by atoms with Crippen LogP contribution in [0.5, 0.6) is 10.1 Å². The van der Waals surface area contributed by atoms with Crippen LogP contribution in [0.2, 0.25) is 0 Å². The summed E-state index contributed by atoms with van der Waals surface area (Å²) in [6.07, 6.45) is 0. The Kier molecular flexibility index (Phi) is 1.95. The lowest BCUT2D eigenvalue weighted by molar-refractivity contribution is 0.424. The highest BCUT2D eigenvalue weighted by Gasteiger charge is 1.95. The third-order valence-corrected chi connectivity index (χ3v) is 1.97. The quantitative estimate of drug-likeness (QED) is 0.629. The second-order valence-corrected chi connectivity index (χ2v) is 2.49. The van der Waals surface area contributed by atoms with Crippen LogP contribution in [0.3, 0.4) is 0 Å². The van der Waals surface area contributed by atoms with Crippen LogP contribution in [0, 0.1) is 0 Å². The van der Waals surface area contributed by atoms with Crippen LogP contribution >= 0.6 is 11.3 Å². The van der Waals surface area contributed by atoms with Gasteiger partial charge in [0.05, 0.1) is 14.2 Å². The van der Waals surface area contributed by atoms with E-state index >= 15 is 0 Å². The third-order valence-electron chi connectivity index (χ3n) is 0.959. The molecule has 1 rings (SSSR count). The van der Waals surface area contributed by atoms with Crippen LogP contribution in [0.25, 0.3) is 0 Å². The zero-order chi connectivity index (χ0) is 6.69. The zero-order valence-corrected chi connectivity index (χ0v) is 6.20. The summed E-state index contributed by atoms with van der Waals surface area (Å²) in [5.41, 5.74) is 0. The highest BCUT2D eigenvalue weighted by atomic mass is 32.1. The van der Waals surface area contributed by atoms with Crippen LogP contribution in [-0.4, -0.2) is 14.2 Å². The molecule has 1 aromatic rings. The average Bonchev–Trinajstić information content (AvgIpc) is 2.34. The molecule has 0 aliphatic carbocycles. The van der Waals surface area contributed by atoms with Gasteiger partial charge in [-0.15, -0.1) is 0 Å². The number of hydrogen-bond acceptors (Lipinski definition) is 3. The summed E-state index contributed by atoms with van der Waals surface area (Å²) >= 11 is 1.49. The minimum Gasteiger partial charge on any atom is -0.487 e. The van der Waals surface area contributed by atoms with Gasteiger partial charge in [-0.3, -0.25) is 0 Å². The van der Waals surface area contributed by atoms with Crippen molar-refractivity contribution >= 4 is 11.3 Å². The van der Waals surface area contributed by atoms with E-state index in [1.165, 1.54) is 11.3 Å². The maximum atomic E-state index is 4.94. The first-order valence-corrected chi connectivity index (χ1v) is 3.36. The predicted molar refractivity (Wildman–Crippen MR) is 37.4 cm³/mol. The monoisotopic (exact) mass is 144 g/mol. The summed E-state index contributed by atoms with van der Waals surface area (Å²) in [6.45, 7) is 0. The molecular formula is C6H8O2S. The van der Waals surface area contributed by atoms with Gasteiger partial charge in [-0.2, -0.15) is 0 Å². The van der Waals surface area contributed by atoms with Gasteiger partial charge in [0.25, 0.3) is 0 Å². The predicted octanol–water partition coefficient (Wildman–Crippen LogP) is 1.77. The first-order chi connectivity index (χ1) is 4.36. The molecule has 0 bridgehead atoms. The molecule has 1 heterocycles. The van der Waals surface area contributed by atoms with Gasteiger partial charge in [0.15, 0.2) is 10.1 Å². The fourth-order valence-corrected chi connectivity index (χ4v) is 1.16. The maximum absolute atomic E-state index is 4.94. The van der Waals surface area contributed by atoms with Gasteiger partial charge in [0.1, 0.15) is 0 Å². The Morgan fingerprint density at radius 1 is 1.11 bits per heavy atom. The van der Waals surface area contributed by atoms with Crippen LogP contribution in [0.15, 0.2) is 12.1 Å². The molecule has 3 heteroatoms. The molecular weight excluding hydrogens is 136 g/mol. The zero-order valence-electron chi connectivity index (χ0n) is 5.38. The number of hydrogen-bond donors (Lipinski definition) is 0. The number of methoxy groups -OCH3 is 2. The summed E-state index contributed by atoms with van der Waals surface area (Å²) in [4.78, 5) is 0. The number of thiophene rings is 1. The Hall–Kier alpha value is -0.700. The van der Waals surface area contributed by atoms with Gasteiger partial charge in [-0.1, -0.05) is 11.3 Å². The molecule has 50 valence electrons. The van der Waals surface area contributed by atoms with Crippen molar-refractivity contribution in [3.8, 4) is 10.1 Å². The van der Waals surface area contributed by atoms with Gasteiger partial charge in [-0.25, -0.2) is 0 Å². The van der Waals surface area contributed by atoms with E-state index in [9.17, 15) is 0 Å². The maximum Gasteiger partial charge on any atom is 0.176 e. The minimum atomic E-state index is 0.881. The Morgan fingerprint density at radius 2 is 1.56 bits per heavy atom. The molecule has 0 aromatic carbocycles. The van der Waals surface area contributed by atoms with E-state index < -0.39 is 0 Å². The van der Waals surface area contributed by atoms with E-state index in [4.69, 9.17) is 9.47 Å². The first-order valence-electron chi connectivity index (χ1n) is 2.54. The second-order valence-electron chi connectivity index (χ2n) is 1.48. The lowest BCUT2D eigenvalue weighted by Gasteiger charge is -1.90. The van der Waals surface area contributed by atoms with Crippen molar-refractivity contribution in [3.63, 3.8) is 0 Å². The Balaban J connectivity index is 2.74. The largest absolute Gasteiger partial charge is 0.487 e. The van der Waals surface area contributed by atoms with E-state index in [1.807, 2.05) is 12.1 Å². The molecule has 0 spiro atoms. The van der Waals surface area contributed by atoms with Gasteiger partial charge in [0, 0.05) is 0 Å². The van der Waals surface area contributed by atoms with Crippen LogP contribution in [0.4, 0.5) is 0 Å². The lowest BCUT2D eigenvalue weighted by Crippen LogP contribution is -1.74. The molecule has 0 unspecified atom stereocenters. The molecule has 0 aliphatic heterocycles. The lowest BCUT2D eigenvalue weighted by atomic mass is 10.6. The van der Waals surface area contributed by atoms with E-state index in [2.05, 4.69) is 0 Å². The number of rotatable bonds is 2. The summed E-state index contributed by atoms with van der Waals surface area (Å²) in [5, 5.41) is 1.76. The van der Waals surface area contributed by atoms with Gasteiger partial charge < -0.3 is 9.47 Å². The Morgan fingerprint density at radius 3 is 1.78 bits per heavy atom. The molecule has 0 aliphatic rings. The normalized spacial score (nSPS) is 9.11. The van der Waals surface area contributed by atoms with Crippen molar-refractivity contribution in [2.75, 3.05) is 14.2 Å². The van der Waals surface area contributed by atoms with Crippen molar-refractivity contribution < 1.29 is 9.47 Å². The summed E-state index contributed by atoms with van der Waals surface area (Å²) in [7, 11) is 3.29. The minimum absolute atomic E-state index is 0.881. The fourth-order valence-electron chi connectivity index (χ4n) is 0.523. The van der Waals surface area contributed by atoms with E-state index in [1.54, 1.807) is 14.2 Å². The molecule has 0 radical (unpaired) electrons. The first kappa shape index (κ1) is 6.42. The van der Waals surface area contributed by atoms with E-state index in [-0.39, 0.29) is 0 Å².